The minimum Gasteiger partial charge on any atom is -0.454 e. The Kier molecular flexibility index (Phi) is 15.2. The summed E-state index contributed by atoms with van der Waals surface area (Å²) >= 11 is 1.93. The van der Waals surface area contributed by atoms with E-state index in [4.69, 9.17) is 4.42 Å². The summed E-state index contributed by atoms with van der Waals surface area (Å²) in [5, 5.41) is 23.4. The van der Waals surface area contributed by atoms with E-state index in [2.05, 4.69) is 497 Å². The topological polar surface area (TPSA) is 50.8 Å². The zero-order valence-corrected chi connectivity index (χ0v) is 77.8. The van der Waals surface area contributed by atoms with Gasteiger partial charge < -0.3 is 46.1 Å². The van der Waals surface area contributed by atoms with E-state index in [9.17, 15) is 0 Å². The Morgan fingerprint density at radius 1 is 0.203 bits per heavy atom. The number of rotatable bonds is 1. The van der Waals surface area contributed by atoms with Gasteiger partial charge in [-0.05, 0) is 169 Å². The smallest absolute Gasteiger partial charge is 0.421 e. The first-order valence-corrected chi connectivity index (χ1v) is 50.5. The molecule has 0 aliphatic carbocycles. The number of anilines is 8. The number of hydrogen-bond donors (Lipinski definition) is 0. The molecular formula is C128H75B4N9OS. The Balaban J connectivity index is 0.0000000827. The van der Waals surface area contributed by atoms with Crippen LogP contribution in [0.2, 0.25) is 0 Å². The normalized spacial score (nSPS) is 13.6. The van der Waals surface area contributed by atoms with Crippen LogP contribution in [0.5, 0.6) is 0 Å². The van der Waals surface area contributed by atoms with E-state index in [0.717, 1.165) is 11.2 Å². The molecule has 10 nitrogen and oxygen atoms in total. The van der Waals surface area contributed by atoms with Gasteiger partial charge in [0.1, 0.15) is 5.58 Å². The Bertz CT molecular complexity index is 10500. The Morgan fingerprint density at radius 3 is 1.17 bits per heavy atom. The first-order chi connectivity index (χ1) is 71.1. The summed E-state index contributed by atoms with van der Waals surface area (Å²) in [6, 6.07) is 167. The molecule has 656 valence electrons. The predicted octanol–water partition coefficient (Wildman–Crippen LogP) is 30.4. The fraction of sp³-hybridized carbons (Fsp3) is 0. The van der Waals surface area contributed by atoms with E-state index < -0.39 is 0 Å². The van der Waals surface area contributed by atoms with Gasteiger partial charge in [0.15, 0.2) is 5.58 Å². The number of furan rings is 1. The minimum absolute atomic E-state index is 0.0438. The molecule has 8 aliphatic rings. The molecule has 8 aliphatic heterocycles. The third kappa shape index (κ3) is 9.95. The molecule has 7 aromatic heterocycles. The van der Waals surface area contributed by atoms with Crippen molar-refractivity contribution >= 4 is 279 Å². The van der Waals surface area contributed by atoms with E-state index in [0.29, 0.717) is 0 Å². The van der Waals surface area contributed by atoms with Gasteiger partial charge in [-0.15, -0.1) is 11.3 Å². The molecule has 0 spiro atoms. The monoisotopic (exact) mass is 1830 g/mol. The second-order valence-corrected chi connectivity index (χ2v) is 40.4. The summed E-state index contributed by atoms with van der Waals surface area (Å²) in [4.78, 5) is 10.3. The van der Waals surface area contributed by atoms with Crippen LogP contribution >= 0.6 is 11.3 Å². The van der Waals surface area contributed by atoms with Crippen LogP contribution in [0.15, 0.2) is 459 Å². The lowest BCUT2D eigenvalue weighted by Gasteiger charge is -2.35. The highest BCUT2D eigenvalue weighted by Crippen LogP contribution is 2.60. The number of aromatic nitrogens is 5. The van der Waals surface area contributed by atoms with Gasteiger partial charge in [-0.3, -0.25) is 0 Å². The van der Waals surface area contributed by atoms with Crippen molar-refractivity contribution < 1.29 is 4.42 Å². The van der Waals surface area contributed by atoms with Gasteiger partial charge in [-0.1, -0.05) is 346 Å². The minimum atomic E-state index is 0.0438. The number of fused-ring (bicyclic) bond motifs is 59. The molecule has 29 aromatic rings. The lowest BCUT2D eigenvalue weighted by molar-refractivity contribution is 0.670. The molecule has 0 atom stereocenters. The largest absolute Gasteiger partial charge is 0.454 e. The van der Waals surface area contributed by atoms with E-state index in [1.54, 1.807) is 0 Å². The maximum atomic E-state index is 6.61. The van der Waals surface area contributed by atoms with Crippen molar-refractivity contribution in [1.29, 1.82) is 0 Å². The molecule has 0 N–H and O–H groups in total. The van der Waals surface area contributed by atoms with Crippen molar-refractivity contribution in [2.45, 2.75) is 0 Å². The molecule has 22 aromatic carbocycles. The van der Waals surface area contributed by atoms with E-state index in [-0.39, 0.29) is 27.9 Å². The molecule has 0 radical (unpaired) electrons. The fourth-order valence-corrected chi connectivity index (χ4v) is 28.3. The third-order valence-electron chi connectivity index (χ3n) is 32.6. The van der Waals surface area contributed by atoms with Crippen molar-refractivity contribution in [2.24, 2.45) is 0 Å². The third-order valence-corrected chi connectivity index (χ3v) is 33.8. The summed E-state index contributed by atoms with van der Waals surface area (Å²) < 4.78 is 22.1. The van der Waals surface area contributed by atoms with Gasteiger partial charge in [-0.2, -0.15) is 0 Å². The van der Waals surface area contributed by atoms with Crippen molar-refractivity contribution in [2.75, 3.05) is 19.2 Å². The second-order valence-electron chi connectivity index (χ2n) is 39.4. The number of para-hydroxylation sites is 11. The molecule has 0 fully saturated rings. The van der Waals surface area contributed by atoms with Crippen molar-refractivity contribution in [1.82, 2.24) is 22.5 Å². The molecule has 0 saturated carbocycles. The fourth-order valence-electron chi connectivity index (χ4n) is 27.1. The molecule has 37 rings (SSSR count). The lowest BCUT2D eigenvalue weighted by atomic mass is 9.60. The lowest BCUT2D eigenvalue weighted by Crippen LogP contribution is -2.51. The molecule has 0 unspecified atom stereocenters. The van der Waals surface area contributed by atoms with Crippen LogP contribution in [0.4, 0.5) is 45.5 Å². The quantitative estimate of drug-likeness (QED) is 0.153. The zero-order valence-electron chi connectivity index (χ0n) is 77.0. The first-order valence-electron chi connectivity index (χ1n) is 49.6. The maximum absolute atomic E-state index is 6.61. The average molecular weight is 1830 g/mol. The summed E-state index contributed by atoms with van der Waals surface area (Å²) in [5.41, 5.74) is 42.1. The van der Waals surface area contributed by atoms with Crippen LogP contribution in [-0.4, -0.2) is 50.4 Å². The summed E-state index contributed by atoms with van der Waals surface area (Å²) in [6.45, 7) is 0.292. The van der Waals surface area contributed by atoms with Gasteiger partial charge in [0, 0.05) is 158 Å². The van der Waals surface area contributed by atoms with Gasteiger partial charge in [0.25, 0.3) is 0 Å². The highest BCUT2D eigenvalue weighted by atomic mass is 32.1. The molecular weight excluding hydrogens is 1750 g/mol. The van der Waals surface area contributed by atoms with Crippen LogP contribution in [0.25, 0.3) is 223 Å². The predicted molar refractivity (Wildman–Crippen MR) is 607 cm³/mol. The number of hydrogen-bond acceptors (Lipinski definition) is 6. The van der Waals surface area contributed by atoms with Crippen molar-refractivity contribution in [3.8, 4) is 50.2 Å². The van der Waals surface area contributed by atoms with Gasteiger partial charge >= 0.3 is 27.9 Å². The SMILES string of the molecule is c1ccc(-n2c3ccccc3c3cc4c5c(c6ccccc6n5B5c6ccccc6-c6ccccc6N54)c32)cc1.c1ccc2c(c1)-c1cc3ccccc3cc1B1N2c2c3ccccc3cc3c4ccccc4n1c23.c1ccc2c(c1)B1N(c3ccccc3-2)c2c3oc4ccccc4c3cc3c4ccccc4n1c23.c1ccc2c(c1)B1N(c3ccccc3-2)c2c3sc4ccccc4c3cc3c4ccccc4n1c23. The van der Waals surface area contributed by atoms with Crippen LogP contribution in [0, 0.1) is 0 Å². The van der Waals surface area contributed by atoms with Crippen LogP contribution in [0.3, 0.4) is 0 Å². The number of nitrogens with zero attached hydrogens (tertiary/aromatic N) is 9. The Hall–Kier alpha value is -18.2. The summed E-state index contributed by atoms with van der Waals surface area (Å²) in [5.74, 6) is 0. The van der Waals surface area contributed by atoms with Gasteiger partial charge in [-0.25, -0.2) is 0 Å². The van der Waals surface area contributed by atoms with E-state index >= 15 is 0 Å². The van der Waals surface area contributed by atoms with Crippen LogP contribution < -0.4 is 41.1 Å². The van der Waals surface area contributed by atoms with Gasteiger partial charge in [0.2, 0.25) is 0 Å². The highest BCUT2D eigenvalue weighted by Gasteiger charge is 2.52. The first kappa shape index (κ1) is 76.8. The Labute approximate surface area is 824 Å². The molecule has 0 bridgehead atoms. The average Bonchev–Trinajstić information content (AvgIpc) is 1.50. The molecule has 15 heteroatoms. The molecule has 0 saturated heterocycles. The zero-order chi connectivity index (χ0) is 92.6. The summed E-state index contributed by atoms with van der Waals surface area (Å²) in [7, 11) is 0. The second kappa shape index (κ2) is 28.3. The van der Waals surface area contributed by atoms with Crippen LogP contribution in [-0.2, 0) is 0 Å². The maximum Gasteiger partial charge on any atom is 0.421 e. The number of benzene rings is 22. The van der Waals surface area contributed by atoms with Crippen molar-refractivity contribution in [3.05, 3.63) is 455 Å². The highest BCUT2D eigenvalue weighted by molar-refractivity contribution is 7.26. The van der Waals surface area contributed by atoms with E-state index in [1.165, 1.54) is 279 Å². The van der Waals surface area contributed by atoms with Crippen LogP contribution in [0.1, 0.15) is 0 Å². The van der Waals surface area contributed by atoms with E-state index in [1.807, 2.05) is 11.3 Å². The van der Waals surface area contributed by atoms with Gasteiger partial charge in [0.05, 0.1) is 60.5 Å². The molecule has 143 heavy (non-hydrogen) atoms. The standard InChI is InChI=1S/C36H22BN3.C32H19BN2.C30H17BN2O.C30H17BN2S/c1-2-12-23(13-3-1)38-30-19-9-5-16-26(30)28-22-33-36-34(35(28)38)27-17-7-11-21-32(27)40(36)37-29-18-8-4-14-24(29)25-15-6-10-20-31(25)39(33)37;1-2-10-21-19-28-26(17-20(21)9-1)24-13-5-7-15-29(24)34-31-23-12-4-3-11-22(23)18-27-25-14-6-8-16-30(25)35(32(27)31)33(28)34;2*1-5-13-24-18(9-1)19-10-2-6-14-25(19)33-29-28-22(20-11-3-7-15-26(20)32(28)31(24)33)17-23-21-12-4-8-16-27(21)34-30(23)29/h1-22H;1-19H;2*1-17H. The molecule has 15 heterocycles. The molecule has 0 amide bonds. The number of thiophene rings is 1. The Morgan fingerprint density at radius 2 is 0.580 bits per heavy atom. The summed E-state index contributed by atoms with van der Waals surface area (Å²) in [6.07, 6.45) is 0. The van der Waals surface area contributed by atoms with Crippen molar-refractivity contribution in [3.63, 3.8) is 0 Å².